The van der Waals surface area contributed by atoms with E-state index in [1.807, 2.05) is 11.4 Å². The molecule has 0 amide bonds. The van der Waals surface area contributed by atoms with Gasteiger partial charge in [-0.2, -0.15) is 0 Å². The molecular weight excluding hydrogens is 210 g/mol. The average Bonchev–Trinajstić information content (AvgIpc) is 2.34. The van der Waals surface area contributed by atoms with Gasteiger partial charge in [0.15, 0.2) is 0 Å². The number of hydrogen-bond acceptors (Lipinski definition) is 2. The van der Waals surface area contributed by atoms with Crippen molar-refractivity contribution in [3.8, 4) is 0 Å². The van der Waals surface area contributed by atoms with E-state index < -0.39 is 0 Å². The predicted molar refractivity (Wildman–Crippen MR) is 49.1 cm³/mol. The second-order valence-corrected chi connectivity index (χ2v) is 3.79. The fraction of sp³-hybridized carbons (Fsp3) is 0.143. The van der Waals surface area contributed by atoms with Gasteiger partial charge in [-0.1, -0.05) is 6.08 Å². The molecular formula is C7H8BrNS. The first kappa shape index (κ1) is 7.98. The maximum absolute atomic E-state index is 5.68. The highest BCUT2D eigenvalue weighted by molar-refractivity contribution is 9.10. The van der Waals surface area contributed by atoms with E-state index in [9.17, 15) is 0 Å². The van der Waals surface area contributed by atoms with Crippen LogP contribution in [0.1, 0.15) is 10.9 Å². The summed E-state index contributed by atoms with van der Waals surface area (Å²) in [5.41, 5.74) is 5.68. The van der Waals surface area contributed by atoms with Crippen molar-refractivity contribution in [2.75, 3.05) is 0 Å². The van der Waals surface area contributed by atoms with Crippen molar-refractivity contribution in [3.63, 3.8) is 0 Å². The largest absolute Gasteiger partial charge is 0.320 e. The summed E-state index contributed by atoms with van der Waals surface area (Å²) < 4.78 is 1.09. The van der Waals surface area contributed by atoms with Crippen LogP contribution in [0.15, 0.2) is 28.6 Å². The second kappa shape index (κ2) is 3.32. The van der Waals surface area contributed by atoms with E-state index in [1.165, 1.54) is 0 Å². The van der Waals surface area contributed by atoms with Crippen LogP contribution in [0.2, 0.25) is 0 Å². The van der Waals surface area contributed by atoms with E-state index in [-0.39, 0.29) is 6.04 Å². The molecule has 1 rings (SSSR count). The van der Waals surface area contributed by atoms with E-state index in [1.54, 1.807) is 17.4 Å². The van der Waals surface area contributed by atoms with E-state index in [0.29, 0.717) is 0 Å². The Kier molecular flexibility index (Phi) is 2.65. The highest BCUT2D eigenvalue weighted by Gasteiger charge is 2.02. The third kappa shape index (κ3) is 1.68. The minimum atomic E-state index is -0.0173. The molecule has 0 aromatic carbocycles. The molecule has 1 nitrogen and oxygen atoms in total. The second-order valence-electron chi connectivity index (χ2n) is 1.93. The van der Waals surface area contributed by atoms with Crippen LogP contribution >= 0.6 is 27.3 Å². The zero-order valence-corrected chi connectivity index (χ0v) is 7.78. The number of nitrogens with two attached hydrogens (primary N) is 1. The Balaban J connectivity index is 2.84. The third-order valence-corrected chi connectivity index (χ3v) is 2.97. The Morgan fingerprint density at radius 3 is 2.90 bits per heavy atom. The summed E-state index contributed by atoms with van der Waals surface area (Å²) in [6, 6.07) is 1.99. The van der Waals surface area contributed by atoms with Gasteiger partial charge >= 0.3 is 0 Å². The molecule has 0 bridgehead atoms. The highest BCUT2D eigenvalue weighted by Crippen LogP contribution is 2.24. The molecule has 0 spiro atoms. The number of hydrogen-bond donors (Lipinski definition) is 1. The van der Waals surface area contributed by atoms with Gasteiger partial charge in [0, 0.05) is 14.7 Å². The Morgan fingerprint density at radius 1 is 1.80 bits per heavy atom. The molecule has 0 aliphatic rings. The topological polar surface area (TPSA) is 26.0 Å². The van der Waals surface area contributed by atoms with Crippen molar-refractivity contribution in [2.45, 2.75) is 6.04 Å². The molecule has 0 radical (unpaired) electrons. The van der Waals surface area contributed by atoms with Gasteiger partial charge in [-0.3, -0.25) is 0 Å². The molecule has 10 heavy (non-hydrogen) atoms. The molecule has 2 N–H and O–H groups in total. The van der Waals surface area contributed by atoms with Crippen molar-refractivity contribution in [1.29, 1.82) is 0 Å². The number of rotatable bonds is 2. The molecule has 0 unspecified atom stereocenters. The maximum Gasteiger partial charge on any atom is 0.0573 e. The van der Waals surface area contributed by atoms with Gasteiger partial charge in [-0.05, 0) is 22.0 Å². The van der Waals surface area contributed by atoms with Crippen LogP contribution in [0.4, 0.5) is 0 Å². The summed E-state index contributed by atoms with van der Waals surface area (Å²) in [5.74, 6) is 0. The van der Waals surface area contributed by atoms with Crippen LogP contribution in [0.5, 0.6) is 0 Å². The zero-order valence-electron chi connectivity index (χ0n) is 5.38. The SMILES string of the molecule is C=C[C@H](N)c1cc(Br)cs1. The van der Waals surface area contributed by atoms with E-state index >= 15 is 0 Å². The first-order valence-electron chi connectivity index (χ1n) is 2.86. The van der Waals surface area contributed by atoms with Crippen LogP contribution < -0.4 is 5.73 Å². The monoisotopic (exact) mass is 217 g/mol. The fourth-order valence-electron chi connectivity index (χ4n) is 0.619. The normalized spacial score (nSPS) is 13.0. The Bertz CT molecular complexity index is 231. The first-order valence-corrected chi connectivity index (χ1v) is 4.53. The standard InChI is InChI=1S/C7H8BrNS/c1-2-6(9)7-3-5(8)4-10-7/h2-4,6H,1,9H2/t6-/m0/s1. The average molecular weight is 218 g/mol. The van der Waals surface area contributed by atoms with Gasteiger partial charge in [0.1, 0.15) is 0 Å². The fourth-order valence-corrected chi connectivity index (χ4v) is 2.06. The lowest BCUT2D eigenvalue weighted by atomic mass is 10.2. The van der Waals surface area contributed by atoms with Crippen LogP contribution in [0.25, 0.3) is 0 Å². The van der Waals surface area contributed by atoms with Crippen LogP contribution in [0, 0.1) is 0 Å². The van der Waals surface area contributed by atoms with Crippen molar-refractivity contribution < 1.29 is 0 Å². The molecule has 1 aromatic heterocycles. The van der Waals surface area contributed by atoms with E-state index in [2.05, 4.69) is 22.5 Å². The molecule has 1 heterocycles. The van der Waals surface area contributed by atoms with Crippen molar-refractivity contribution in [1.82, 2.24) is 0 Å². The molecule has 0 aliphatic heterocycles. The summed E-state index contributed by atoms with van der Waals surface area (Å²) in [6.45, 7) is 3.61. The Hall–Kier alpha value is -0.120. The van der Waals surface area contributed by atoms with Gasteiger partial charge in [-0.15, -0.1) is 17.9 Å². The minimum absolute atomic E-state index is 0.0173. The molecule has 0 saturated carbocycles. The lowest BCUT2D eigenvalue weighted by molar-refractivity contribution is 0.939. The van der Waals surface area contributed by atoms with Crippen LogP contribution in [0.3, 0.4) is 0 Å². The predicted octanol–water partition coefficient (Wildman–Crippen LogP) is 2.70. The Labute approximate surface area is 72.7 Å². The molecule has 3 heteroatoms. The van der Waals surface area contributed by atoms with Crippen molar-refractivity contribution in [3.05, 3.63) is 33.5 Å². The Morgan fingerprint density at radius 2 is 2.50 bits per heavy atom. The summed E-state index contributed by atoms with van der Waals surface area (Å²) in [5, 5.41) is 2.01. The summed E-state index contributed by atoms with van der Waals surface area (Å²) in [4.78, 5) is 1.14. The quantitative estimate of drug-likeness (QED) is 0.759. The smallest absolute Gasteiger partial charge is 0.0573 e. The molecule has 1 aromatic rings. The number of thiophene rings is 1. The molecule has 0 saturated heterocycles. The van der Waals surface area contributed by atoms with E-state index in [0.717, 1.165) is 9.35 Å². The molecule has 1 atom stereocenters. The lowest BCUT2D eigenvalue weighted by Crippen LogP contribution is -2.03. The molecule has 54 valence electrons. The van der Waals surface area contributed by atoms with E-state index in [4.69, 9.17) is 5.73 Å². The van der Waals surface area contributed by atoms with Gasteiger partial charge in [-0.25, -0.2) is 0 Å². The van der Waals surface area contributed by atoms with Gasteiger partial charge < -0.3 is 5.73 Å². The molecule has 0 aliphatic carbocycles. The van der Waals surface area contributed by atoms with Crippen molar-refractivity contribution in [2.24, 2.45) is 5.73 Å². The number of halogens is 1. The third-order valence-electron chi connectivity index (χ3n) is 1.17. The summed E-state index contributed by atoms with van der Waals surface area (Å²) in [6.07, 6.45) is 1.73. The maximum atomic E-state index is 5.68. The van der Waals surface area contributed by atoms with Gasteiger partial charge in [0.25, 0.3) is 0 Å². The zero-order chi connectivity index (χ0) is 7.56. The highest BCUT2D eigenvalue weighted by atomic mass is 79.9. The van der Waals surface area contributed by atoms with Crippen LogP contribution in [-0.4, -0.2) is 0 Å². The van der Waals surface area contributed by atoms with Crippen LogP contribution in [-0.2, 0) is 0 Å². The van der Waals surface area contributed by atoms with Gasteiger partial charge in [0.2, 0.25) is 0 Å². The summed E-state index contributed by atoms with van der Waals surface area (Å²) >= 11 is 4.99. The molecule has 0 fully saturated rings. The summed E-state index contributed by atoms with van der Waals surface area (Å²) in [7, 11) is 0. The lowest BCUT2D eigenvalue weighted by Gasteiger charge is -1.98. The minimum Gasteiger partial charge on any atom is -0.320 e. The van der Waals surface area contributed by atoms with Gasteiger partial charge in [0.05, 0.1) is 6.04 Å². The first-order chi connectivity index (χ1) is 4.74. The van der Waals surface area contributed by atoms with Crippen molar-refractivity contribution >= 4 is 27.3 Å².